The largest absolute Gasteiger partial charge is 0.497 e. The Bertz CT molecular complexity index is 506. The number of benzene rings is 1. The van der Waals surface area contributed by atoms with E-state index in [9.17, 15) is 4.79 Å². The van der Waals surface area contributed by atoms with E-state index in [1.165, 1.54) is 0 Å². The topological polar surface area (TPSA) is 29.5 Å². The van der Waals surface area contributed by atoms with E-state index in [0.29, 0.717) is 5.91 Å². The lowest BCUT2D eigenvalue weighted by Crippen LogP contribution is -2.35. The van der Waals surface area contributed by atoms with E-state index in [-0.39, 0.29) is 5.41 Å². The first-order valence-corrected chi connectivity index (χ1v) is 6.86. The van der Waals surface area contributed by atoms with Gasteiger partial charge in [-0.25, -0.2) is 0 Å². The van der Waals surface area contributed by atoms with Crippen LogP contribution in [0.1, 0.15) is 25.7 Å². The molecule has 1 heterocycles. The number of nitrogens with zero attached hydrogens (tertiary/aromatic N) is 1. The monoisotopic (exact) mass is 257 g/mol. The van der Waals surface area contributed by atoms with Crippen molar-refractivity contribution in [1.29, 1.82) is 0 Å². The average molecular weight is 257 g/mol. The molecule has 0 unspecified atom stereocenters. The van der Waals surface area contributed by atoms with Gasteiger partial charge in [-0.05, 0) is 49.9 Å². The molecule has 1 saturated heterocycles. The minimum absolute atomic E-state index is 0.130. The summed E-state index contributed by atoms with van der Waals surface area (Å²) in [6, 6.07) is 7.76. The Morgan fingerprint density at radius 3 is 2.58 bits per heavy atom. The maximum Gasteiger partial charge on any atom is 0.233 e. The highest BCUT2D eigenvalue weighted by molar-refractivity contribution is 6.00. The van der Waals surface area contributed by atoms with Crippen LogP contribution < -0.4 is 9.64 Å². The number of ether oxygens (including phenoxy) is 1. The Labute approximate surface area is 113 Å². The first kappa shape index (κ1) is 12.3. The second kappa shape index (κ2) is 4.72. The number of hydrogen-bond acceptors (Lipinski definition) is 2. The molecule has 1 amide bonds. The number of anilines is 1. The third kappa shape index (κ3) is 2.03. The van der Waals surface area contributed by atoms with Gasteiger partial charge in [0.25, 0.3) is 0 Å². The molecule has 1 aliphatic carbocycles. The maximum absolute atomic E-state index is 12.7. The summed E-state index contributed by atoms with van der Waals surface area (Å²) >= 11 is 0. The van der Waals surface area contributed by atoms with Crippen LogP contribution in [-0.4, -0.2) is 19.6 Å². The zero-order chi connectivity index (χ0) is 13.3. The summed E-state index contributed by atoms with van der Waals surface area (Å²) in [6.07, 6.45) is 8.26. The highest BCUT2D eigenvalue weighted by Gasteiger charge is 2.46. The zero-order valence-electron chi connectivity index (χ0n) is 11.3. The van der Waals surface area contributed by atoms with E-state index in [1.807, 2.05) is 29.2 Å². The standard InChI is InChI=1S/C16H19NO2/c1-19-14-7-5-13(6-8-14)17-12-11-16(15(17)18)9-3-2-4-10-16/h2-3,5-8H,4,9-12H2,1H3/t16-/m1/s1. The van der Waals surface area contributed by atoms with Crippen LogP contribution in [0.2, 0.25) is 0 Å². The van der Waals surface area contributed by atoms with Crippen molar-refractivity contribution < 1.29 is 9.53 Å². The summed E-state index contributed by atoms with van der Waals surface area (Å²) in [6.45, 7) is 0.832. The van der Waals surface area contributed by atoms with E-state index < -0.39 is 0 Å². The van der Waals surface area contributed by atoms with E-state index in [4.69, 9.17) is 4.74 Å². The van der Waals surface area contributed by atoms with Crippen molar-refractivity contribution in [2.24, 2.45) is 5.41 Å². The lowest BCUT2D eigenvalue weighted by atomic mass is 9.76. The van der Waals surface area contributed by atoms with Gasteiger partial charge in [0, 0.05) is 12.2 Å². The average Bonchev–Trinajstić information content (AvgIpc) is 2.77. The van der Waals surface area contributed by atoms with Crippen molar-refractivity contribution in [2.45, 2.75) is 25.7 Å². The Morgan fingerprint density at radius 1 is 1.16 bits per heavy atom. The summed E-state index contributed by atoms with van der Waals surface area (Å²) in [5, 5.41) is 0. The molecule has 1 aromatic rings. The van der Waals surface area contributed by atoms with Gasteiger partial charge in [-0.2, -0.15) is 0 Å². The van der Waals surface area contributed by atoms with Crippen LogP contribution in [0.3, 0.4) is 0 Å². The van der Waals surface area contributed by atoms with Crippen molar-refractivity contribution in [3.8, 4) is 5.75 Å². The smallest absolute Gasteiger partial charge is 0.233 e. The van der Waals surface area contributed by atoms with E-state index in [0.717, 1.165) is 43.7 Å². The highest BCUT2D eigenvalue weighted by atomic mass is 16.5. The van der Waals surface area contributed by atoms with Gasteiger partial charge in [0.15, 0.2) is 0 Å². The van der Waals surface area contributed by atoms with E-state index >= 15 is 0 Å². The minimum Gasteiger partial charge on any atom is -0.497 e. The summed E-state index contributed by atoms with van der Waals surface area (Å²) in [5.41, 5.74) is 0.853. The molecule has 1 spiro atoms. The van der Waals surface area contributed by atoms with Crippen molar-refractivity contribution in [3.05, 3.63) is 36.4 Å². The molecular formula is C16H19NO2. The SMILES string of the molecule is COc1ccc(N2CC[C@]3(CC=CCC3)C2=O)cc1. The van der Waals surface area contributed by atoms with Crippen molar-refractivity contribution in [2.75, 3.05) is 18.6 Å². The van der Waals surface area contributed by atoms with Crippen molar-refractivity contribution in [3.63, 3.8) is 0 Å². The molecule has 2 aliphatic rings. The van der Waals surface area contributed by atoms with Gasteiger partial charge in [-0.3, -0.25) is 4.79 Å². The maximum atomic E-state index is 12.7. The number of allylic oxidation sites excluding steroid dienone is 2. The molecule has 0 saturated carbocycles. The number of methoxy groups -OCH3 is 1. The van der Waals surface area contributed by atoms with Gasteiger partial charge < -0.3 is 9.64 Å². The Hall–Kier alpha value is -1.77. The predicted molar refractivity (Wildman–Crippen MR) is 75.4 cm³/mol. The van der Waals surface area contributed by atoms with Gasteiger partial charge in [0.2, 0.25) is 5.91 Å². The van der Waals surface area contributed by atoms with Crippen LogP contribution in [0.25, 0.3) is 0 Å². The number of amides is 1. The van der Waals surface area contributed by atoms with E-state index in [2.05, 4.69) is 12.2 Å². The fourth-order valence-corrected chi connectivity index (χ4v) is 3.14. The third-order valence-corrected chi connectivity index (χ3v) is 4.36. The molecule has 19 heavy (non-hydrogen) atoms. The minimum atomic E-state index is -0.130. The van der Waals surface area contributed by atoms with Crippen LogP contribution in [-0.2, 0) is 4.79 Å². The first-order chi connectivity index (χ1) is 9.25. The van der Waals surface area contributed by atoms with Crippen LogP contribution in [0.5, 0.6) is 5.75 Å². The molecule has 3 rings (SSSR count). The van der Waals surface area contributed by atoms with Crippen molar-refractivity contribution in [1.82, 2.24) is 0 Å². The number of hydrogen-bond donors (Lipinski definition) is 0. The van der Waals surface area contributed by atoms with Gasteiger partial charge in [-0.15, -0.1) is 0 Å². The van der Waals surface area contributed by atoms with Crippen LogP contribution in [0.4, 0.5) is 5.69 Å². The first-order valence-electron chi connectivity index (χ1n) is 6.86. The molecule has 1 fully saturated rings. The Balaban J connectivity index is 1.83. The summed E-state index contributed by atoms with van der Waals surface area (Å²) < 4.78 is 5.16. The van der Waals surface area contributed by atoms with Crippen LogP contribution in [0, 0.1) is 5.41 Å². The molecule has 0 bridgehead atoms. The Kier molecular flexibility index (Phi) is 3.05. The molecule has 1 atom stereocenters. The molecule has 1 aliphatic heterocycles. The van der Waals surface area contributed by atoms with Gasteiger partial charge in [0.1, 0.15) is 5.75 Å². The zero-order valence-corrected chi connectivity index (χ0v) is 11.3. The predicted octanol–water partition coefficient (Wildman–Crippen LogP) is 3.16. The number of rotatable bonds is 2. The van der Waals surface area contributed by atoms with Crippen LogP contribution in [0.15, 0.2) is 36.4 Å². The molecule has 0 aromatic heterocycles. The summed E-state index contributed by atoms with van der Waals surface area (Å²) in [4.78, 5) is 14.6. The van der Waals surface area contributed by atoms with Crippen molar-refractivity contribution >= 4 is 11.6 Å². The van der Waals surface area contributed by atoms with E-state index in [1.54, 1.807) is 7.11 Å². The fourth-order valence-electron chi connectivity index (χ4n) is 3.14. The molecule has 0 N–H and O–H groups in total. The van der Waals surface area contributed by atoms with Crippen LogP contribution >= 0.6 is 0 Å². The molecule has 100 valence electrons. The fraction of sp³-hybridized carbons (Fsp3) is 0.438. The second-order valence-corrected chi connectivity index (χ2v) is 5.40. The third-order valence-electron chi connectivity index (χ3n) is 4.36. The Morgan fingerprint density at radius 2 is 1.95 bits per heavy atom. The normalized spacial score (nSPS) is 26.2. The molecule has 1 aromatic carbocycles. The molecule has 0 radical (unpaired) electrons. The van der Waals surface area contributed by atoms with Gasteiger partial charge >= 0.3 is 0 Å². The molecule has 3 heteroatoms. The second-order valence-electron chi connectivity index (χ2n) is 5.40. The lowest BCUT2D eigenvalue weighted by molar-refractivity contribution is -0.125. The summed E-state index contributed by atoms with van der Waals surface area (Å²) in [7, 11) is 1.65. The number of carbonyl (C=O) groups is 1. The highest BCUT2D eigenvalue weighted by Crippen LogP contribution is 2.43. The molecule has 3 nitrogen and oxygen atoms in total. The quantitative estimate of drug-likeness (QED) is 0.762. The number of carbonyl (C=O) groups excluding carboxylic acids is 1. The van der Waals surface area contributed by atoms with Gasteiger partial charge in [-0.1, -0.05) is 12.2 Å². The summed E-state index contributed by atoms with van der Waals surface area (Å²) in [5.74, 6) is 1.12. The van der Waals surface area contributed by atoms with Gasteiger partial charge in [0.05, 0.1) is 12.5 Å². The lowest BCUT2D eigenvalue weighted by Gasteiger charge is -2.28. The molecular weight excluding hydrogens is 238 g/mol.